The van der Waals surface area contributed by atoms with E-state index in [0.717, 1.165) is 29.9 Å². The summed E-state index contributed by atoms with van der Waals surface area (Å²) in [4.78, 5) is 12.5. The maximum Gasteiger partial charge on any atom is 0.230 e. The summed E-state index contributed by atoms with van der Waals surface area (Å²) >= 11 is 0. The van der Waals surface area contributed by atoms with Crippen molar-refractivity contribution in [2.24, 2.45) is 0 Å². The first kappa shape index (κ1) is 15.4. The van der Waals surface area contributed by atoms with Gasteiger partial charge in [0.05, 0.1) is 19.1 Å². The molecular weight excluding hydrogens is 290 g/mol. The molecule has 1 fully saturated rings. The van der Waals surface area contributed by atoms with Gasteiger partial charge in [0.2, 0.25) is 5.91 Å². The standard InChI is InChI=1S/C19H21NO3/c1-22-16-8-5-9-17(14-16)23-13-12-20-18(21)19(10-11-19)15-6-3-2-4-7-15/h2-9,14H,10-13H2,1H3,(H,20,21). The highest BCUT2D eigenvalue weighted by atomic mass is 16.5. The molecule has 1 amide bonds. The molecule has 0 aromatic heterocycles. The topological polar surface area (TPSA) is 47.6 Å². The Kier molecular flexibility index (Phi) is 4.51. The van der Waals surface area contributed by atoms with E-state index in [1.54, 1.807) is 7.11 Å². The fraction of sp³-hybridized carbons (Fsp3) is 0.316. The van der Waals surface area contributed by atoms with Crippen molar-refractivity contribution >= 4 is 5.91 Å². The van der Waals surface area contributed by atoms with Crippen LogP contribution < -0.4 is 14.8 Å². The highest BCUT2D eigenvalue weighted by Gasteiger charge is 2.50. The summed E-state index contributed by atoms with van der Waals surface area (Å²) in [6.45, 7) is 0.925. The van der Waals surface area contributed by atoms with E-state index in [2.05, 4.69) is 5.32 Å². The minimum Gasteiger partial charge on any atom is -0.497 e. The largest absolute Gasteiger partial charge is 0.497 e. The van der Waals surface area contributed by atoms with Crippen LogP contribution in [0, 0.1) is 0 Å². The van der Waals surface area contributed by atoms with Crippen LogP contribution in [0.25, 0.3) is 0 Å². The van der Waals surface area contributed by atoms with Gasteiger partial charge in [0, 0.05) is 6.07 Å². The molecule has 1 aliphatic carbocycles. The average Bonchev–Trinajstić information content (AvgIpc) is 3.41. The van der Waals surface area contributed by atoms with Crippen LogP contribution in [0.3, 0.4) is 0 Å². The molecule has 4 heteroatoms. The summed E-state index contributed by atoms with van der Waals surface area (Å²) < 4.78 is 10.8. The van der Waals surface area contributed by atoms with E-state index in [1.165, 1.54) is 0 Å². The molecule has 3 rings (SSSR count). The fourth-order valence-electron chi connectivity index (χ4n) is 2.72. The molecule has 0 saturated heterocycles. The van der Waals surface area contributed by atoms with E-state index in [9.17, 15) is 4.79 Å². The van der Waals surface area contributed by atoms with Crippen LogP contribution in [-0.2, 0) is 10.2 Å². The summed E-state index contributed by atoms with van der Waals surface area (Å²) in [6, 6.07) is 17.4. The number of benzene rings is 2. The molecule has 0 heterocycles. The molecule has 0 bridgehead atoms. The maximum atomic E-state index is 12.5. The zero-order chi connectivity index (χ0) is 16.1. The number of hydrogen-bond acceptors (Lipinski definition) is 3. The van der Waals surface area contributed by atoms with Crippen molar-refractivity contribution in [1.29, 1.82) is 0 Å². The molecule has 1 saturated carbocycles. The zero-order valence-corrected chi connectivity index (χ0v) is 13.2. The maximum absolute atomic E-state index is 12.5. The Morgan fingerprint density at radius 1 is 1.09 bits per heavy atom. The smallest absolute Gasteiger partial charge is 0.230 e. The highest BCUT2D eigenvalue weighted by molar-refractivity contribution is 5.91. The van der Waals surface area contributed by atoms with Crippen LogP contribution in [0.4, 0.5) is 0 Å². The van der Waals surface area contributed by atoms with Gasteiger partial charge in [-0.15, -0.1) is 0 Å². The van der Waals surface area contributed by atoms with Crippen LogP contribution in [0.15, 0.2) is 54.6 Å². The van der Waals surface area contributed by atoms with E-state index in [-0.39, 0.29) is 11.3 Å². The summed E-state index contributed by atoms with van der Waals surface area (Å²) in [5.74, 6) is 1.59. The summed E-state index contributed by atoms with van der Waals surface area (Å²) in [7, 11) is 1.62. The predicted molar refractivity (Wildman–Crippen MR) is 88.9 cm³/mol. The highest BCUT2D eigenvalue weighted by Crippen LogP contribution is 2.48. The van der Waals surface area contributed by atoms with Crippen LogP contribution in [0.5, 0.6) is 11.5 Å². The van der Waals surface area contributed by atoms with Crippen molar-refractivity contribution in [3.05, 3.63) is 60.2 Å². The Balaban J connectivity index is 1.48. The van der Waals surface area contributed by atoms with E-state index in [0.29, 0.717) is 13.2 Å². The molecule has 2 aromatic rings. The molecule has 2 aromatic carbocycles. The molecule has 1 aliphatic rings. The van der Waals surface area contributed by atoms with Gasteiger partial charge < -0.3 is 14.8 Å². The third kappa shape index (κ3) is 3.47. The summed E-state index contributed by atoms with van der Waals surface area (Å²) in [5, 5.41) is 2.99. The molecule has 0 atom stereocenters. The lowest BCUT2D eigenvalue weighted by atomic mass is 9.95. The molecule has 0 radical (unpaired) electrons. The van der Waals surface area contributed by atoms with Crippen LogP contribution >= 0.6 is 0 Å². The molecule has 0 unspecified atom stereocenters. The zero-order valence-electron chi connectivity index (χ0n) is 13.2. The molecule has 1 N–H and O–H groups in total. The van der Waals surface area contributed by atoms with Gasteiger partial charge in [-0.1, -0.05) is 36.4 Å². The first-order chi connectivity index (χ1) is 11.2. The van der Waals surface area contributed by atoms with Gasteiger partial charge in [0.1, 0.15) is 18.1 Å². The van der Waals surface area contributed by atoms with Crippen LogP contribution in [0.2, 0.25) is 0 Å². The van der Waals surface area contributed by atoms with E-state index < -0.39 is 0 Å². The Morgan fingerprint density at radius 2 is 1.83 bits per heavy atom. The summed E-state index contributed by atoms with van der Waals surface area (Å²) in [5.41, 5.74) is 0.781. The number of amides is 1. The van der Waals surface area contributed by atoms with Crippen molar-refractivity contribution in [2.45, 2.75) is 18.3 Å². The first-order valence-corrected chi connectivity index (χ1v) is 7.85. The molecular formula is C19H21NO3. The second-order valence-corrected chi connectivity index (χ2v) is 5.73. The minimum absolute atomic E-state index is 0.0953. The normalized spacial score (nSPS) is 14.8. The Morgan fingerprint density at radius 3 is 2.52 bits per heavy atom. The van der Waals surface area contributed by atoms with Gasteiger partial charge in [-0.3, -0.25) is 4.79 Å². The van der Waals surface area contributed by atoms with Crippen molar-refractivity contribution < 1.29 is 14.3 Å². The number of hydrogen-bond donors (Lipinski definition) is 1. The quantitative estimate of drug-likeness (QED) is 0.800. The van der Waals surface area contributed by atoms with Crippen LogP contribution in [0.1, 0.15) is 18.4 Å². The molecule has 0 aliphatic heterocycles. The van der Waals surface area contributed by atoms with Crippen LogP contribution in [-0.4, -0.2) is 26.2 Å². The van der Waals surface area contributed by atoms with Crippen molar-refractivity contribution in [2.75, 3.05) is 20.3 Å². The van der Waals surface area contributed by atoms with Gasteiger partial charge in [-0.25, -0.2) is 0 Å². The van der Waals surface area contributed by atoms with Crippen molar-refractivity contribution in [3.63, 3.8) is 0 Å². The number of carbonyl (C=O) groups excluding carboxylic acids is 1. The number of methoxy groups -OCH3 is 1. The molecule has 0 spiro atoms. The molecule has 4 nitrogen and oxygen atoms in total. The number of carbonyl (C=O) groups is 1. The average molecular weight is 311 g/mol. The SMILES string of the molecule is COc1cccc(OCCNC(=O)C2(c3ccccc3)CC2)c1. The predicted octanol–water partition coefficient (Wildman–Crippen LogP) is 2.92. The van der Waals surface area contributed by atoms with Gasteiger partial charge in [-0.05, 0) is 30.5 Å². The third-order valence-corrected chi connectivity index (χ3v) is 4.21. The Labute approximate surface area is 136 Å². The van der Waals surface area contributed by atoms with E-state index in [4.69, 9.17) is 9.47 Å². The Hall–Kier alpha value is -2.49. The van der Waals surface area contributed by atoms with Crippen molar-refractivity contribution in [1.82, 2.24) is 5.32 Å². The third-order valence-electron chi connectivity index (χ3n) is 4.21. The number of nitrogens with one attached hydrogen (secondary N) is 1. The second-order valence-electron chi connectivity index (χ2n) is 5.73. The van der Waals surface area contributed by atoms with Crippen molar-refractivity contribution in [3.8, 4) is 11.5 Å². The molecule has 23 heavy (non-hydrogen) atoms. The molecule has 120 valence electrons. The lowest BCUT2D eigenvalue weighted by Crippen LogP contribution is -2.37. The van der Waals surface area contributed by atoms with Gasteiger partial charge >= 0.3 is 0 Å². The van der Waals surface area contributed by atoms with Gasteiger partial charge in [0.15, 0.2) is 0 Å². The number of ether oxygens (including phenoxy) is 2. The van der Waals surface area contributed by atoms with E-state index >= 15 is 0 Å². The Bertz CT molecular complexity index is 665. The number of rotatable bonds is 7. The fourth-order valence-corrected chi connectivity index (χ4v) is 2.72. The lowest BCUT2D eigenvalue weighted by Gasteiger charge is -2.16. The first-order valence-electron chi connectivity index (χ1n) is 7.85. The van der Waals surface area contributed by atoms with Gasteiger partial charge in [0.25, 0.3) is 0 Å². The summed E-state index contributed by atoms with van der Waals surface area (Å²) in [6.07, 6.45) is 1.83. The monoisotopic (exact) mass is 311 g/mol. The van der Waals surface area contributed by atoms with E-state index in [1.807, 2.05) is 54.6 Å². The van der Waals surface area contributed by atoms with Gasteiger partial charge in [-0.2, -0.15) is 0 Å². The minimum atomic E-state index is -0.322. The second kappa shape index (κ2) is 6.73. The lowest BCUT2D eigenvalue weighted by molar-refractivity contribution is -0.123.